The molecule has 0 aliphatic rings. The zero-order valence-electron chi connectivity index (χ0n) is 105. The van der Waals surface area contributed by atoms with E-state index in [2.05, 4.69) is 20.6 Å². The fraction of sp³-hybridized carbons (Fsp3) is 0.250. The quantitative estimate of drug-likeness (QED) is 0.0260. The fourth-order valence-corrected chi connectivity index (χ4v) is 18.6. The zero-order valence-corrected chi connectivity index (χ0v) is 69.3. The Morgan fingerprint density at radius 3 is 0.833 bits per heavy atom. The summed E-state index contributed by atoms with van der Waals surface area (Å²) in [6.07, 6.45) is 0. The van der Waals surface area contributed by atoms with Crippen molar-refractivity contribution >= 4 is 178 Å². The largest absolute Gasteiger partial charge is 0.337 e. The number of anilines is 8. The smallest absolute Gasteiger partial charge is 0.267 e. The van der Waals surface area contributed by atoms with Crippen LogP contribution in [0.2, 0.25) is 11.3 Å². The molecule has 8 heterocycles. The molecule has 120 heavy (non-hydrogen) atoms. The van der Waals surface area contributed by atoms with Gasteiger partial charge in [0.15, 0.2) is 34.4 Å². The first-order valence-electron chi connectivity index (χ1n) is 53.3. The molecule has 32 nitrogen and oxygen atoms in total. The molecule has 0 aliphatic carbocycles. The summed E-state index contributed by atoms with van der Waals surface area (Å²) in [5.74, 6) is -12.8. The van der Waals surface area contributed by atoms with Crippen LogP contribution in [0, 0.1) is 110 Å². The van der Waals surface area contributed by atoms with Crippen molar-refractivity contribution in [3.05, 3.63) is 226 Å². The number of sulfonamides is 4. The number of rotatable bonds is 24. The SMILES string of the molecule is [2H]c1c(C([2H])([2H])[2H])cc(C([2H])([2H])[2H])c(N([2H])C(=O)c2sccc2S(=O)(=O)N([2H])c2onc(C([2H])([2H])[2H])c2C)c1C(C)=O.[2H]c1c(C([2H])([2H])[2H])cc(C([2H])([2H])[2H])c(N([2H])C(=O)c2sccc2S(=O)(=O)N([2H])c2onc(C)c2C([2H])([2H])[2H])c1C(C)=O.[2H]c1c(C([2H])([2H])[2H])cc(C([2H])([2H])[2H])c(N([2H])C(=O)c2sccc2S(=O)(=O)N([2H])c2onc(C)c2C)c1C(C)=O.[2H]c1c(C)cc(C)c(N([2H])C(=O)c2sccc2S(=O)(=O)N([2H])c2onc(C([2H])([2H])[2H])c2C([2H])([2H])[2H])c1C(C)=O. The van der Waals surface area contributed by atoms with Gasteiger partial charge >= 0.3 is 0 Å². The second-order valence-corrected chi connectivity index (χ2v) is 34.2. The summed E-state index contributed by atoms with van der Waals surface area (Å²) in [5.41, 5.74) is -13.6. The van der Waals surface area contributed by atoms with E-state index in [-0.39, 0.29) is 74.2 Å². The third-order valence-electron chi connectivity index (χ3n) is 15.5. The van der Waals surface area contributed by atoms with Gasteiger partial charge in [-0.1, -0.05) is 44.9 Å². The number of Topliss-reactive ketones (excluding diaryl/α,β-unsaturated/α-hetero) is 4. The van der Waals surface area contributed by atoms with Crippen LogP contribution in [0.25, 0.3) is 0 Å². The van der Waals surface area contributed by atoms with Gasteiger partial charge in [0.1, 0.15) is 39.1 Å². The van der Waals surface area contributed by atoms with Crippen molar-refractivity contribution in [2.75, 3.05) is 40.1 Å². The van der Waals surface area contributed by atoms with E-state index in [9.17, 15) is 72.0 Å². The zero-order chi connectivity index (χ0) is 124. The van der Waals surface area contributed by atoms with Crippen LogP contribution in [0.3, 0.4) is 0 Å². The lowest BCUT2D eigenvalue weighted by molar-refractivity contribution is 0.100. The standard InChI is InChI=1S/4C20H21N3O5S2/c4*1-10-8-11(2)17(15(9-10)14(5)24)21-19(25)18-16(6-7-29-18)30(26,27)23-20-12(3)13(4)22-28-20/h4*6-9,23H,1-5H3,(H,21,25)/i1D3,2D3,4D3,9D;1D3,2D3,3D3,9D;3D3,4D3,9D;1D3,2D3,9D/hD8. The van der Waals surface area contributed by atoms with E-state index in [1.54, 1.807) is 6.92 Å². The first-order chi connectivity index (χ1) is 73.3. The Morgan fingerprint density at radius 1 is 0.333 bits per heavy atom. The van der Waals surface area contributed by atoms with Crippen molar-refractivity contribution in [2.24, 2.45) is 0 Å². The summed E-state index contributed by atoms with van der Waals surface area (Å²) < 4.78 is 455. The van der Waals surface area contributed by atoms with Crippen LogP contribution in [0.5, 0.6) is 0 Å². The highest BCUT2D eigenvalue weighted by Gasteiger charge is 2.33. The summed E-state index contributed by atoms with van der Waals surface area (Å²) in [4.78, 5) is 97.8. The number of carbonyl (C=O) groups excluding carboxylic acids is 8. The molecule has 0 saturated heterocycles. The van der Waals surface area contributed by atoms with Gasteiger partial charge in [-0.3, -0.25) is 38.4 Å². The highest BCUT2D eigenvalue weighted by Crippen LogP contribution is 2.36. The Hall–Kier alpha value is -11.9. The van der Waals surface area contributed by atoms with Gasteiger partial charge in [0.2, 0.25) is 23.5 Å². The molecule has 0 fully saturated rings. The fourth-order valence-electron chi connectivity index (χ4n) is 9.66. The second kappa shape index (κ2) is 37.2. The minimum atomic E-state index is -5.10. The topological polar surface area (TPSA) is 473 Å². The number of carbonyl (C=O) groups is 8. The first kappa shape index (κ1) is 49.6. The van der Waals surface area contributed by atoms with Crippen LogP contribution in [0.15, 0.2) is 132 Å². The molecule has 0 radical (unpaired) electrons. The van der Waals surface area contributed by atoms with Crippen LogP contribution in [-0.4, -0.2) is 101 Å². The summed E-state index contributed by atoms with van der Waals surface area (Å²) in [6.45, 7) is -18.5. The van der Waals surface area contributed by atoms with Gasteiger partial charge in [-0.05, 0) is 252 Å². The summed E-state index contributed by atoms with van der Waals surface area (Å²) >= 11 is 2.08. The Labute approximate surface area is 767 Å². The number of nitrogens with one attached hydrogen (secondary N) is 8. The molecule has 12 aromatic rings. The molecule has 8 aromatic heterocycles. The number of aryl methyl sites for hydroxylation is 12. The van der Waals surface area contributed by atoms with Gasteiger partial charge in [0.05, 0.1) is 51.0 Å². The third kappa shape index (κ3) is 21.0. The van der Waals surface area contributed by atoms with E-state index >= 15 is 0 Å². The molecule has 632 valence electrons. The van der Waals surface area contributed by atoms with Crippen molar-refractivity contribution in [3.63, 3.8) is 0 Å². The number of ketones is 4. The second-order valence-electron chi connectivity index (χ2n) is 24.3. The van der Waals surface area contributed by atoms with Crippen LogP contribution in [0.1, 0.15) is 244 Å². The lowest BCUT2D eigenvalue weighted by Gasteiger charge is -2.14. The Morgan fingerprint density at radius 2 is 0.575 bits per heavy atom. The van der Waals surface area contributed by atoms with Gasteiger partial charge in [-0.2, -0.15) is 0 Å². The van der Waals surface area contributed by atoms with E-state index in [0.29, 0.717) is 80.4 Å². The van der Waals surface area contributed by atoms with Crippen molar-refractivity contribution in [3.8, 4) is 0 Å². The molecule has 0 atom stereocenters. The number of nitrogens with zero attached hydrogens (tertiary/aromatic N) is 4. The molecule has 0 spiro atoms. The maximum atomic E-state index is 13.5. The van der Waals surface area contributed by atoms with Crippen molar-refractivity contribution in [1.82, 2.24) is 20.6 Å². The first-order valence-corrected chi connectivity index (χ1v) is 42.0. The molecule has 8 N–H and O–H groups in total. The van der Waals surface area contributed by atoms with Crippen LogP contribution < -0.4 is 40.1 Å². The molecule has 12 rings (SSSR count). The third-order valence-corrected chi connectivity index (χ3v) is 24.9. The molecule has 0 saturated carbocycles. The monoisotopic (exact) mass is 1830 g/mol. The number of hydrogen-bond donors (Lipinski definition) is 8. The molecule has 0 bridgehead atoms. The van der Waals surface area contributed by atoms with E-state index in [1.807, 2.05) is 0 Å². The predicted octanol–water partition coefficient (Wildman–Crippen LogP) is 16.9. The van der Waals surface area contributed by atoms with E-state index in [0.717, 1.165) is 69.6 Å². The van der Waals surface area contributed by atoms with E-state index in [4.69, 9.17) is 76.0 Å². The van der Waals surface area contributed by atoms with Gasteiger partial charge in [0.25, 0.3) is 63.7 Å². The lowest BCUT2D eigenvalue weighted by Crippen LogP contribution is -2.20. The van der Waals surface area contributed by atoms with Gasteiger partial charge in [-0.15, -0.1) is 45.3 Å². The Balaban J connectivity index is 0.000000238. The minimum absolute atomic E-state index is 0.0113. The van der Waals surface area contributed by atoms with Crippen LogP contribution in [-0.2, 0) is 40.1 Å². The maximum Gasteiger partial charge on any atom is 0.267 e. The normalized spacial score (nSPS) is 17.5. The number of aromatic nitrogens is 4. The highest BCUT2D eigenvalue weighted by molar-refractivity contribution is 7.94. The van der Waals surface area contributed by atoms with Crippen LogP contribution >= 0.6 is 45.3 Å². The number of benzene rings is 4. The van der Waals surface area contributed by atoms with Gasteiger partial charge < -0.3 is 39.3 Å². The Bertz CT molecular complexity index is 8420. The number of thiophene rings is 4. The number of amides is 4. The molecular weight excluding hydrogens is 1710 g/mol. The average Bonchev–Trinajstić information content (AvgIpc) is 0.844. The van der Waals surface area contributed by atoms with E-state index < -0.39 is 326 Å². The molecule has 0 unspecified atom stereocenters. The van der Waals surface area contributed by atoms with Gasteiger partial charge in [0, 0.05) is 85.6 Å². The predicted molar refractivity (Wildman–Crippen MR) is 460 cm³/mol. The Kier molecular flexibility index (Phi) is 15.4. The van der Waals surface area contributed by atoms with E-state index in [1.165, 1.54) is 44.5 Å². The summed E-state index contributed by atoms with van der Waals surface area (Å²) in [7, 11) is -20.0. The highest BCUT2D eigenvalue weighted by atomic mass is 32.2. The van der Waals surface area contributed by atoms with Crippen molar-refractivity contribution in [2.45, 2.75) is 157 Å². The lowest BCUT2D eigenvalue weighted by atomic mass is 10.0. The summed E-state index contributed by atoms with van der Waals surface area (Å²) in [6, 6.07) is 3.92. The van der Waals surface area contributed by atoms with Crippen molar-refractivity contribution in [1.29, 1.82) is 0 Å². The molecule has 4 amide bonds. The van der Waals surface area contributed by atoms with Gasteiger partial charge in [-0.25, -0.2) is 52.5 Å². The molecule has 0 aliphatic heterocycles. The summed E-state index contributed by atoms with van der Waals surface area (Å²) in [5, 5.41) is 18.0. The average molecular weight is 1830 g/mol. The molecule has 4 aromatic carbocycles. The van der Waals surface area contributed by atoms with Crippen LogP contribution in [0.4, 0.5) is 46.3 Å². The molecular formula is C80H84N12O20S8. The number of hydrogen-bond acceptors (Lipinski definition) is 28. The molecule has 40 heteroatoms. The van der Waals surface area contributed by atoms with Crippen molar-refractivity contribution < 1.29 is 148 Å². The minimum Gasteiger partial charge on any atom is -0.337 e. The maximum absolute atomic E-state index is 13.5.